The number of hydrogen-bond donors (Lipinski definition) is 2. The highest BCUT2D eigenvalue weighted by molar-refractivity contribution is 6.07. The molecule has 7 heteroatoms. The molecule has 1 heterocycles. The smallest absolute Gasteiger partial charge is 0.261 e. The topological polar surface area (TPSA) is 84.5 Å². The van der Waals surface area contributed by atoms with Crippen LogP contribution in [0.15, 0.2) is 24.3 Å². The predicted octanol–water partition coefficient (Wildman–Crippen LogP) is 0.514. The van der Waals surface area contributed by atoms with Crippen LogP contribution in [-0.4, -0.2) is 29.9 Å². The second kappa shape index (κ2) is 6.34. The van der Waals surface area contributed by atoms with Crippen molar-refractivity contribution < 1.29 is 23.5 Å². The summed E-state index contributed by atoms with van der Waals surface area (Å²) in [5, 5.41) is 4.53. The van der Waals surface area contributed by atoms with Gasteiger partial charge in [0.25, 0.3) is 5.91 Å². The number of rotatable bonds is 5. The molecular weight excluding hydrogens is 279 g/mol. The monoisotopic (exact) mass is 294 g/mol. The second-order valence-electron chi connectivity index (χ2n) is 4.62. The number of para-hydroxylation sites is 1. The van der Waals surface area contributed by atoms with E-state index in [1.54, 1.807) is 13.0 Å². The van der Waals surface area contributed by atoms with Crippen molar-refractivity contribution in [1.29, 1.82) is 0 Å². The van der Waals surface area contributed by atoms with E-state index < -0.39 is 35.7 Å². The minimum Gasteiger partial charge on any atom is -0.478 e. The molecule has 1 aliphatic rings. The maximum Gasteiger partial charge on any atom is 0.261 e. The first-order valence-corrected chi connectivity index (χ1v) is 6.56. The number of ether oxygens (including phenoxy) is 1. The summed E-state index contributed by atoms with van der Waals surface area (Å²) in [5.41, 5.74) is 0. The quantitative estimate of drug-likeness (QED) is 0.775. The van der Waals surface area contributed by atoms with Gasteiger partial charge in [-0.15, -0.1) is 0 Å². The lowest BCUT2D eigenvalue weighted by molar-refractivity contribution is -0.132. The zero-order chi connectivity index (χ0) is 15.4. The van der Waals surface area contributed by atoms with Gasteiger partial charge < -0.3 is 10.1 Å². The summed E-state index contributed by atoms with van der Waals surface area (Å²) in [6, 6.07) is 4.84. The van der Waals surface area contributed by atoms with Gasteiger partial charge in [0.05, 0.1) is 6.42 Å². The van der Waals surface area contributed by atoms with E-state index in [4.69, 9.17) is 4.74 Å². The second-order valence-corrected chi connectivity index (χ2v) is 4.62. The molecule has 1 aromatic carbocycles. The Labute approximate surface area is 120 Å². The van der Waals surface area contributed by atoms with Gasteiger partial charge >= 0.3 is 0 Å². The van der Waals surface area contributed by atoms with Crippen LogP contribution in [0.1, 0.15) is 19.8 Å². The van der Waals surface area contributed by atoms with Gasteiger partial charge in [-0.2, -0.15) is 0 Å². The molecule has 2 atom stereocenters. The van der Waals surface area contributed by atoms with Crippen molar-refractivity contribution in [3.05, 3.63) is 30.1 Å². The highest BCUT2D eigenvalue weighted by Gasteiger charge is 2.33. The molecule has 21 heavy (non-hydrogen) atoms. The van der Waals surface area contributed by atoms with Crippen molar-refractivity contribution in [3.8, 4) is 5.75 Å². The molecule has 1 aliphatic heterocycles. The Hall–Kier alpha value is -2.44. The number of carbonyl (C=O) groups excluding carboxylic acids is 3. The Bertz CT molecular complexity index is 576. The summed E-state index contributed by atoms with van der Waals surface area (Å²) >= 11 is 0. The summed E-state index contributed by atoms with van der Waals surface area (Å²) in [5.74, 6) is -2.15. The van der Waals surface area contributed by atoms with E-state index in [1.165, 1.54) is 18.2 Å². The van der Waals surface area contributed by atoms with Gasteiger partial charge in [0.15, 0.2) is 17.7 Å². The van der Waals surface area contributed by atoms with E-state index in [9.17, 15) is 18.8 Å². The van der Waals surface area contributed by atoms with E-state index in [2.05, 4.69) is 10.6 Å². The molecule has 1 saturated heterocycles. The van der Waals surface area contributed by atoms with Gasteiger partial charge in [-0.05, 0) is 18.6 Å². The highest BCUT2D eigenvalue weighted by Crippen LogP contribution is 2.18. The maximum absolute atomic E-state index is 13.5. The summed E-state index contributed by atoms with van der Waals surface area (Å²) in [4.78, 5) is 34.5. The van der Waals surface area contributed by atoms with Crippen LogP contribution in [0.5, 0.6) is 5.75 Å². The van der Waals surface area contributed by atoms with E-state index in [0.29, 0.717) is 6.42 Å². The molecular formula is C14H15FN2O4. The van der Waals surface area contributed by atoms with Crippen LogP contribution in [0.4, 0.5) is 4.39 Å². The zero-order valence-electron chi connectivity index (χ0n) is 11.4. The van der Waals surface area contributed by atoms with Crippen LogP contribution in [0.3, 0.4) is 0 Å². The van der Waals surface area contributed by atoms with Crippen molar-refractivity contribution in [3.63, 3.8) is 0 Å². The van der Waals surface area contributed by atoms with Gasteiger partial charge in [0, 0.05) is 0 Å². The lowest BCUT2D eigenvalue weighted by atomic mass is 10.2. The van der Waals surface area contributed by atoms with Crippen LogP contribution in [0.2, 0.25) is 0 Å². The molecule has 1 aromatic rings. The molecule has 1 fully saturated rings. The summed E-state index contributed by atoms with van der Waals surface area (Å²) in [7, 11) is 0. The minimum absolute atomic E-state index is 0.0357. The van der Waals surface area contributed by atoms with Crippen LogP contribution in [-0.2, 0) is 14.4 Å². The van der Waals surface area contributed by atoms with Gasteiger partial charge in [0.2, 0.25) is 11.8 Å². The molecule has 2 rings (SSSR count). The fourth-order valence-electron chi connectivity index (χ4n) is 1.95. The largest absolute Gasteiger partial charge is 0.478 e. The number of carbonyl (C=O) groups is 3. The van der Waals surface area contributed by atoms with Crippen molar-refractivity contribution in [2.45, 2.75) is 31.9 Å². The summed E-state index contributed by atoms with van der Waals surface area (Å²) < 4.78 is 18.8. The lowest BCUT2D eigenvalue weighted by Gasteiger charge is -2.19. The Morgan fingerprint density at radius 3 is 2.76 bits per heavy atom. The Kier molecular flexibility index (Phi) is 4.52. The fourth-order valence-corrected chi connectivity index (χ4v) is 1.95. The van der Waals surface area contributed by atoms with Crippen molar-refractivity contribution in [1.82, 2.24) is 10.6 Å². The first kappa shape index (κ1) is 15.0. The maximum atomic E-state index is 13.5. The van der Waals surface area contributed by atoms with Crippen molar-refractivity contribution in [2.24, 2.45) is 0 Å². The number of nitrogens with one attached hydrogen (secondary N) is 2. The van der Waals surface area contributed by atoms with E-state index in [0.717, 1.165) is 0 Å². The van der Waals surface area contributed by atoms with Crippen molar-refractivity contribution in [2.75, 3.05) is 0 Å². The Morgan fingerprint density at radius 1 is 1.48 bits per heavy atom. The van der Waals surface area contributed by atoms with Crippen LogP contribution in [0.25, 0.3) is 0 Å². The Morgan fingerprint density at radius 2 is 2.19 bits per heavy atom. The normalized spacial score (nSPS) is 19.0. The molecule has 0 aromatic heterocycles. The molecule has 3 amide bonds. The van der Waals surface area contributed by atoms with E-state index in [1.807, 2.05) is 0 Å². The first-order chi connectivity index (χ1) is 10.0. The average Bonchev–Trinajstić information content (AvgIpc) is 2.75. The third kappa shape index (κ3) is 3.56. The molecule has 112 valence electrons. The van der Waals surface area contributed by atoms with Gasteiger partial charge in [-0.1, -0.05) is 19.1 Å². The van der Waals surface area contributed by atoms with Crippen molar-refractivity contribution >= 4 is 17.7 Å². The minimum atomic E-state index is -0.939. The standard InChI is InChI=1S/C14H15FN2O4/c1-2-10(21-11-6-4-3-5-8(11)15)14(20)16-9-7-12(18)17-13(9)19/h3-6,9-10H,2,7H2,1H3,(H,16,20)(H,17,18,19). The predicted molar refractivity (Wildman–Crippen MR) is 70.8 cm³/mol. The lowest BCUT2D eigenvalue weighted by Crippen LogP contribution is -2.46. The summed E-state index contributed by atoms with van der Waals surface area (Å²) in [6.07, 6.45) is -0.742. The summed E-state index contributed by atoms with van der Waals surface area (Å²) in [6.45, 7) is 1.70. The number of benzene rings is 1. The molecule has 0 spiro atoms. The molecule has 0 saturated carbocycles. The van der Waals surface area contributed by atoms with Crippen LogP contribution in [0, 0.1) is 5.82 Å². The van der Waals surface area contributed by atoms with Crippen LogP contribution < -0.4 is 15.4 Å². The van der Waals surface area contributed by atoms with Crippen LogP contribution >= 0.6 is 0 Å². The molecule has 2 unspecified atom stereocenters. The zero-order valence-corrected chi connectivity index (χ0v) is 11.4. The Balaban J connectivity index is 2.00. The molecule has 6 nitrogen and oxygen atoms in total. The van der Waals surface area contributed by atoms with E-state index >= 15 is 0 Å². The highest BCUT2D eigenvalue weighted by atomic mass is 19.1. The number of halogens is 1. The first-order valence-electron chi connectivity index (χ1n) is 6.56. The number of amides is 3. The molecule has 2 N–H and O–H groups in total. The third-order valence-electron chi connectivity index (χ3n) is 3.05. The van der Waals surface area contributed by atoms with E-state index in [-0.39, 0.29) is 12.2 Å². The SMILES string of the molecule is CCC(Oc1ccccc1F)C(=O)NC1CC(=O)NC1=O. The third-order valence-corrected chi connectivity index (χ3v) is 3.05. The molecule has 0 aliphatic carbocycles. The van der Waals surface area contributed by atoms with Gasteiger partial charge in [-0.3, -0.25) is 19.7 Å². The number of hydrogen-bond acceptors (Lipinski definition) is 4. The number of imide groups is 1. The van der Waals surface area contributed by atoms with Gasteiger partial charge in [0.1, 0.15) is 6.04 Å². The molecule has 0 radical (unpaired) electrons. The fraction of sp³-hybridized carbons (Fsp3) is 0.357. The average molecular weight is 294 g/mol. The van der Waals surface area contributed by atoms with Gasteiger partial charge in [-0.25, -0.2) is 4.39 Å². The molecule has 0 bridgehead atoms.